The van der Waals surface area contributed by atoms with Crippen LogP contribution in [0.2, 0.25) is 0 Å². The molecule has 0 saturated heterocycles. The SMILES string of the molecule is Cc1ccccc1C1(c2ccccc2C)c2cc(C3=CC=C(C#N)CC3C)ccc2-c2ccc(-c3nc(-c4ccccc4)cc(-c4ccc(-c5cccc(-c6cc(-c7ccc(-c8ccccc8)cc7)nc(-c7ccc8c(c7)C7(c9ccccc9Sc9ccccc97)c7cc(-c9ccc(C#N)cc9)ccc7-8)n6)c5)cc4)n3)cc21. The van der Waals surface area contributed by atoms with Crippen LogP contribution in [0.3, 0.4) is 0 Å². The van der Waals surface area contributed by atoms with Crippen molar-refractivity contribution in [1.29, 1.82) is 10.5 Å². The van der Waals surface area contributed by atoms with Crippen molar-refractivity contribution in [3.05, 3.63) is 424 Å². The Morgan fingerprint density at radius 1 is 0.295 bits per heavy atom. The van der Waals surface area contributed by atoms with Crippen LogP contribution >= 0.6 is 11.8 Å². The highest BCUT2D eigenvalue weighted by molar-refractivity contribution is 7.99. The average molecular weight is 1450 g/mol. The van der Waals surface area contributed by atoms with Crippen LogP contribution in [0, 0.1) is 42.4 Å². The lowest BCUT2D eigenvalue weighted by Gasteiger charge is -2.39. The summed E-state index contributed by atoms with van der Waals surface area (Å²) in [5.41, 5.74) is 34.8. The maximum absolute atomic E-state index is 9.93. The highest BCUT2D eigenvalue weighted by Crippen LogP contribution is 2.64. The van der Waals surface area contributed by atoms with Gasteiger partial charge in [-0.2, -0.15) is 10.5 Å². The van der Waals surface area contributed by atoms with E-state index in [-0.39, 0.29) is 5.92 Å². The summed E-state index contributed by atoms with van der Waals surface area (Å²) in [6.45, 7) is 6.72. The first-order chi connectivity index (χ1) is 55.1. The molecule has 0 radical (unpaired) electrons. The Hall–Kier alpha value is -14.0. The minimum absolute atomic E-state index is 0.179. The van der Waals surface area contributed by atoms with Crippen molar-refractivity contribution in [3.63, 3.8) is 0 Å². The molecular weight excluding hydrogens is 1380 g/mol. The Morgan fingerprint density at radius 2 is 0.643 bits per heavy atom. The van der Waals surface area contributed by atoms with Crippen molar-refractivity contribution in [2.24, 2.45) is 5.92 Å². The van der Waals surface area contributed by atoms with Crippen LogP contribution in [-0.4, -0.2) is 19.9 Å². The number of aryl methyl sites for hydroxylation is 2. The van der Waals surface area contributed by atoms with Gasteiger partial charge in [0, 0.05) is 48.7 Å². The summed E-state index contributed by atoms with van der Waals surface area (Å²) < 4.78 is 0. The van der Waals surface area contributed by atoms with Crippen LogP contribution in [0.5, 0.6) is 0 Å². The lowest BCUT2D eigenvalue weighted by Crippen LogP contribution is -2.32. The van der Waals surface area contributed by atoms with E-state index in [1.807, 2.05) is 36.0 Å². The smallest absolute Gasteiger partial charge is 0.160 e. The minimum atomic E-state index is -0.711. The van der Waals surface area contributed by atoms with Gasteiger partial charge in [0.15, 0.2) is 11.6 Å². The van der Waals surface area contributed by atoms with Gasteiger partial charge < -0.3 is 0 Å². The Labute approximate surface area is 656 Å². The third-order valence-corrected chi connectivity index (χ3v) is 24.7. The van der Waals surface area contributed by atoms with E-state index in [1.54, 1.807) is 0 Å². The molecule has 1 atom stereocenters. The zero-order valence-corrected chi connectivity index (χ0v) is 62.7. The van der Waals surface area contributed by atoms with E-state index < -0.39 is 10.8 Å². The summed E-state index contributed by atoms with van der Waals surface area (Å²) in [6.07, 6.45) is 4.87. The average Bonchev–Trinajstić information content (AvgIpc) is 1.49. The Balaban J connectivity index is 0.695. The highest BCUT2D eigenvalue weighted by Gasteiger charge is 2.51. The van der Waals surface area contributed by atoms with Crippen molar-refractivity contribution in [2.75, 3.05) is 0 Å². The number of rotatable bonds is 12. The fraction of sp³-hybridized carbons (Fsp3) is 0.0667. The number of aromatic nitrogens is 4. The van der Waals surface area contributed by atoms with Crippen molar-refractivity contribution >= 4 is 17.3 Å². The molecule has 2 aromatic heterocycles. The fourth-order valence-corrected chi connectivity index (χ4v) is 19.3. The summed E-state index contributed by atoms with van der Waals surface area (Å²) in [7, 11) is 0. The van der Waals surface area contributed by atoms with Gasteiger partial charge in [0.05, 0.1) is 51.3 Å². The van der Waals surface area contributed by atoms with Gasteiger partial charge in [-0.05, 0) is 221 Å². The zero-order valence-electron chi connectivity index (χ0n) is 61.9. The minimum Gasteiger partial charge on any atom is -0.228 e. The molecule has 112 heavy (non-hydrogen) atoms. The van der Waals surface area contributed by atoms with Crippen molar-refractivity contribution in [2.45, 2.75) is 47.8 Å². The number of allylic oxidation sites excluding steroid dienone is 4. The molecule has 0 saturated carbocycles. The predicted octanol–water partition coefficient (Wildman–Crippen LogP) is 25.8. The Bertz CT molecular complexity index is 6590. The molecule has 0 N–H and O–H groups in total. The molecule has 1 aliphatic heterocycles. The normalized spacial score (nSPS) is 14.3. The third-order valence-electron chi connectivity index (χ3n) is 23.5. The van der Waals surface area contributed by atoms with Gasteiger partial charge in [-0.3, -0.25) is 0 Å². The van der Waals surface area contributed by atoms with Crippen molar-refractivity contribution in [3.8, 4) is 136 Å². The van der Waals surface area contributed by atoms with Gasteiger partial charge in [-0.15, -0.1) is 0 Å². The van der Waals surface area contributed by atoms with Gasteiger partial charge in [0.1, 0.15) is 0 Å². The second kappa shape index (κ2) is 27.3. The van der Waals surface area contributed by atoms with E-state index >= 15 is 0 Å². The molecule has 3 aliphatic carbocycles. The molecule has 1 spiro atoms. The number of hydrogen-bond donors (Lipinski definition) is 0. The van der Waals surface area contributed by atoms with Crippen LogP contribution in [0.15, 0.2) is 367 Å². The number of benzene rings is 14. The van der Waals surface area contributed by atoms with Gasteiger partial charge >= 0.3 is 0 Å². The molecule has 3 heterocycles. The van der Waals surface area contributed by atoms with Crippen LogP contribution in [0.1, 0.15) is 80.1 Å². The topological polar surface area (TPSA) is 99.1 Å². The van der Waals surface area contributed by atoms with Crippen molar-refractivity contribution in [1.82, 2.24) is 19.9 Å². The summed E-state index contributed by atoms with van der Waals surface area (Å²) in [5, 5.41) is 19.7. The first kappa shape index (κ1) is 67.4. The molecule has 0 bridgehead atoms. The molecule has 526 valence electrons. The standard InChI is InChI=1S/C105H70N6S/c1-65-19-10-12-27-88(65)104(89-28-13-11-20-66(89)2)93-58-79(83-50-35-69(64-107)55-67(83)3)47-52-85(93)86-53-48-81(59-94(86)104)102-108-96(74-23-8-5-9-24-74)61-97(109-102)76-44-40-73(41-45-76)77-25-18-26-80(56-77)99-62-98(75-42-38-71(39-43-75)70-21-6-4-7-22-70)110-103(111-99)82-49-54-87-84-51-46-78(72-36-33-68(63-106)34-37-72)57-92(84)105(95(87)60-82)90-29-14-16-31-100(90)112-101-32-17-15-30-91(101)105/h4-54,56-62,67H,55H2,1-3H3. The summed E-state index contributed by atoms with van der Waals surface area (Å²) in [4.78, 5) is 24.7. The monoisotopic (exact) mass is 1450 g/mol. The molecule has 20 rings (SSSR count). The van der Waals surface area contributed by atoms with Crippen LogP contribution in [0.4, 0.5) is 0 Å². The fourth-order valence-electron chi connectivity index (χ4n) is 18.1. The molecule has 16 aromatic rings. The summed E-state index contributed by atoms with van der Waals surface area (Å²) in [5.74, 6) is 1.44. The van der Waals surface area contributed by atoms with Crippen molar-refractivity contribution < 1.29 is 0 Å². The second-order valence-electron chi connectivity index (χ2n) is 29.9. The molecule has 1 unspecified atom stereocenters. The second-order valence-corrected chi connectivity index (χ2v) is 31.0. The van der Waals surface area contributed by atoms with E-state index in [9.17, 15) is 10.5 Å². The van der Waals surface area contributed by atoms with Gasteiger partial charge in [-0.25, -0.2) is 19.9 Å². The lowest BCUT2D eigenvalue weighted by atomic mass is 9.65. The van der Waals surface area contributed by atoms with Crippen LogP contribution < -0.4 is 0 Å². The van der Waals surface area contributed by atoms with E-state index in [0.717, 1.165) is 95.1 Å². The number of nitriles is 2. The Morgan fingerprint density at radius 3 is 1.13 bits per heavy atom. The highest BCUT2D eigenvalue weighted by atomic mass is 32.2. The predicted molar refractivity (Wildman–Crippen MR) is 455 cm³/mol. The molecule has 7 heteroatoms. The first-order valence-corrected chi connectivity index (χ1v) is 39.0. The van der Waals surface area contributed by atoms with Gasteiger partial charge in [0.2, 0.25) is 0 Å². The van der Waals surface area contributed by atoms with E-state index in [1.165, 1.54) is 98.8 Å². The van der Waals surface area contributed by atoms with Crippen LogP contribution in [0.25, 0.3) is 129 Å². The van der Waals surface area contributed by atoms with E-state index in [0.29, 0.717) is 23.6 Å². The maximum Gasteiger partial charge on any atom is 0.160 e. The lowest BCUT2D eigenvalue weighted by molar-refractivity contribution is 0.722. The molecule has 0 amide bonds. The third kappa shape index (κ3) is 11.1. The summed E-state index contributed by atoms with van der Waals surface area (Å²) in [6, 6.07) is 127. The van der Waals surface area contributed by atoms with E-state index in [2.05, 4.69) is 361 Å². The first-order valence-electron chi connectivity index (χ1n) is 38.2. The van der Waals surface area contributed by atoms with Crippen LogP contribution in [-0.2, 0) is 10.8 Å². The quantitative estimate of drug-likeness (QED) is 0.120. The van der Waals surface area contributed by atoms with Gasteiger partial charge in [-0.1, -0.05) is 298 Å². The molecule has 0 fully saturated rings. The number of hydrogen-bond acceptors (Lipinski definition) is 7. The number of fused-ring (bicyclic) bond motifs is 12. The largest absolute Gasteiger partial charge is 0.228 e. The molecule has 14 aromatic carbocycles. The number of nitrogens with zero attached hydrogens (tertiary/aromatic N) is 6. The Kier molecular flexibility index (Phi) is 16.4. The molecular formula is C105H70N6S. The van der Waals surface area contributed by atoms with Gasteiger partial charge in [0.25, 0.3) is 0 Å². The molecule has 4 aliphatic rings. The maximum atomic E-state index is 9.93. The molecule has 6 nitrogen and oxygen atoms in total. The summed E-state index contributed by atoms with van der Waals surface area (Å²) >= 11 is 1.83. The van der Waals surface area contributed by atoms with E-state index in [4.69, 9.17) is 19.9 Å². The zero-order chi connectivity index (χ0) is 75.2.